The molecule has 2 aromatic heterocycles. The van der Waals surface area contributed by atoms with Crippen molar-refractivity contribution in [2.75, 3.05) is 0 Å². The molecule has 0 bridgehead atoms. The third-order valence-electron chi connectivity index (χ3n) is 1.62. The number of fused-ring (bicyclic) bond motifs is 1. The Labute approximate surface area is 83.3 Å². The van der Waals surface area contributed by atoms with Gasteiger partial charge < -0.3 is 0 Å². The van der Waals surface area contributed by atoms with Crippen molar-refractivity contribution >= 4 is 34.3 Å². The maximum absolute atomic E-state index is 4.08. The van der Waals surface area contributed by atoms with Crippen LogP contribution in [-0.4, -0.2) is 14.6 Å². The fourth-order valence-electron chi connectivity index (χ4n) is 1.07. The highest BCUT2D eigenvalue weighted by molar-refractivity contribution is 14.1. The molecular weight excluding hydrogens is 265 g/mol. The molecule has 12 heavy (non-hydrogen) atoms. The molecule has 3 nitrogen and oxygen atoms in total. The lowest BCUT2D eigenvalue weighted by Gasteiger charge is -1.99. The van der Waals surface area contributed by atoms with Crippen LogP contribution in [0.15, 0.2) is 25.0 Å². The van der Waals surface area contributed by atoms with Crippen molar-refractivity contribution in [3.05, 3.63) is 34.3 Å². The highest BCUT2D eigenvalue weighted by Gasteiger charge is 2.02. The van der Waals surface area contributed by atoms with E-state index in [1.807, 2.05) is 12.1 Å². The number of halogens is 1. The third-order valence-corrected chi connectivity index (χ3v) is 2.53. The summed E-state index contributed by atoms with van der Waals surface area (Å²) in [6.45, 7) is 3.73. The van der Waals surface area contributed by atoms with Crippen molar-refractivity contribution in [3.63, 3.8) is 0 Å². The summed E-state index contributed by atoms with van der Waals surface area (Å²) in [5, 5.41) is 4.08. The summed E-state index contributed by atoms with van der Waals surface area (Å²) in [6, 6.07) is 3.93. The van der Waals surface area contributed by atoms with Gasteiger partial charge in [-0.05, 0) is 40.8 Å². The van der Waals surface area contributed by atoms with Crippen LogP contribution in [0.25, 0.3) is 11.7 Å². The van der Waals surface area contributed by atoms with Gasteiger partial charge in [-0.2, -0.15) is 5.10 Å². The molecule has 0 amide bonds. The van der Waals surface area contributed by atoms with Crippen molar-refractivity contribution in [2.24, 2.45) is 0 Å². The maximum Gasteiger partial charge on any atom is 0.156 e. The van der Waals surface area contributed by atoms with Gasteiger partial charge in [-0.1, -0.05) is 6.58 Å². The van der Waals surface area contributed by atoms with E-state index >= 15 is 0 Å². The first-order chi connectivity index (χ1) is 5.83. The Balaban J connectivity index is 2.91. The smallest absolute Gasteiger partial charge is 0.156 e. The molecule has 0 unspecified atom stereocenters. The number of aromatic nitrogens is 3. The molecule has 0 saturated heterocycles. The Bertz CT molecular complexity index is 433. The molecule has 0 N–H and O–H groups in total. The minimum atomic E-state index is 0.852. The monoisotopic (exact) mass is 271 g/mol. The molecule has 0 aliphatic carbocycles. The molecule has 2 heterocycles. The average Bonchev–Trinajstić information content (AvgIpc) is 2.52. The quantitative estimate of drug-likeness (QED) is 0.742. The predicted molar refractivity (Wildman–Crippen MR) is 55.8 cm³/mol. The number of pyridine rings is 1. The molecule has 0 aliphatic heterocycles. The predicted octanol–water partition coefficient (Wildman–Crippen LogP) is 1.98. The Kier molecular flexibility index (Phi) is 1.84. The van der Waals surface area contributed by atoms with Crippen molar-refractivity contribution in [3.8, 4) is 0 Å². The van der Waals surface area contributed by atoms with Gasteiger partial charge in [0.05, 0.1) is 5.69 Å². The van der Waals surface area contributed by atoms with E-state index < -0.39 is 0 Å². The average molecular weight is 271 g/mol. The van der Waals surface area contributed by atoms with Gasteiger partial charge >= 0.3 is 0 Å². The molecule has 0 saturated carbocycles. The van der Waals surface area contributed by atoms with Gasteiger partial charge in [-0.25, -0.2) is 9.50 Å². The van der Waals surface area contributed by atoms with E-state index in [0.717, 1.165) is 14.9 Å². The van der Waals surface area contributed by atoms with Crippen molar-refractivity contribution in [2.45, 2.75) is 0 Å². The van der Waals surface area contributed by atoms with E-state index in [4.69, 9.17) is 0 Å². The molecule has 4 heteroatoms. The van der Waals surface area contributed by atoms with Crippen LogP contribution in [0.2, 0.25) is 0 Å². The lowest BCUT2D eigenvalue weighted by atomic mass is 10.3. The second-order valence-corrected chi connectivity index (χ2v) is 3.46. The van der Waals surface area contributed by atoms with E-state index in [1.54, 1.807) is 16.9 Å². The first-order valence-electron chi connectivity index (χ1n) is 3.43. The molecule has 2 aromatic rings. The molecule has 0 spiro atoms. The molecule has 0 aliphatic rings. The summed E-state index contributed by atoms with van der Waals surface area (Å²) < 4.78 is 2.90. The van der Waals surface area contributed by atoms with Crippen LogP contribution in [0.1, 0.15) is 5.69 Å². The van der Waals surface area contributed by atoms with Crippen molar-refractivity contribution < 1.29 is 0 Å². The Morgan fingerprint density at radius 2 is 2.33 bits per heavy atom. The summed E-state index contributed by atoms with van der Waals surface area (Å²) >= 11 is 2.25. The highest BCUT2D eigenvalue weighted by Crippen LogP contribution is 2.13. The van der Waals surface area contributed by atoms with E-state index in [9.17, 15) is 0 Å². The summed E-state index contributed by atoms with van der Waals surface area (Å²) in [7, 11) is 0. The Morgan fingerprint density at radius 1 is 1.50 bits per heavy atom. The van der Waals surface area contributed by atoms with Crippen LogP contribution in [-0.2, 0) is 0 Å². The summed E-state index contributed by atoms with van der Waals surface area (Å²) in [4.78, 5) is 4.07. The number of hydrogen-bond acceptors (Lipinski definition) is 2. The molecule has 0 radical (unpaired) electrons. The molecule has 0 aromatic carbocycles. The van der Waals surface area contributed by atoms with Gasteiger partial charge in [0.2, 0.25) is 0 Å². The van der Waals surface area contributed by atoms with Gasteiger partial charge in [0.15, 0.2) is 5.65 Å². The van der Waals surface area contributed by atoms with Crippen molar-refractivity contribution in [1.82, 2.24) is 14.6 Å². The number of hydrogen-bond donors (Lipinski definition) is 0. The zero-order valence-electron chi connectivity index (χ0n) is 6.24. The Morgan fingerprint density at radius 3 is 3.08 bits per heavy atom. The maximum atomic E-state index is 4.08. The SMILES string of the molecule is C=Cc1c(I)ccc2ncnn12. The van der Waals surface area contributed by atoms with Gasteiger partial charge in [0, 0.05) is 3.57 Å². The van der Waals surface area contributed by atoms with Crippen LogP contribution >= 0.6 is 22.6 Å². The summed E-state index contributed by atoms with van der Waals surface area (Å²) in [6.07, 6.45) is 3.32. The van der Waals surface area contributed by atoms with Gasteiger partial charge in [-0.15, -0.1) is 0 Å². The fraction of sp³-hybridized carbons (Fsp3) is 0. The van der Waals surface area contributed by atoms with Gasteiger partial charge in [0.25, 0.3) is 0 Å². The van der Waals surface area contributed by atoms with E-state index in [1.165, 1.54) is 0 Å². The summed E-state index contributed by atoms with van der Waals surface area (Å²) in [5.41, 5.74) is 1.84. The fourth-order valence-corrected chi connectivity index (χ4v) is 1.70. The molecular formula is C8H6IN3. The normalized spacial score (nSPS) is 10.4. The molecule has 0 atom stereocenters. The topological polar surface area (TPSA) is 30.2 Å². The molecule has 2 rings (SSSR count). The second kappa shape index (κ2) is 2.85. The largest absolute Gasteiger partial charge is 0.215 e. The zero-order valence-corrected chi connectivity index (χ0v) is 8.39. The van der Waals surface area contributed by atoms with Crippen LogP contribution in [0.4, 0.5) is 0 Å². The third kappa shape index (κ3) is 1.03. The number of nitrogens with zero attached hydrogens (tertiary/aromatic N) is 3. The van der Waals surface area contributed by atoms with Crippen LogP contribution in [0.3, 0.4) is 0 Å². The van der Waals surface area contributed by atoms with E-state index in [2.05, 4.69) is 39.3 Å². The number of rotatable bonds is 1. The minimum Gasteiger partial charge on any atom is -0.215 e. The minimum absolute atomic E-state index is 0.852. The van der Waals surface area contributed by atoms with Crippen LogP contribution in [0.5, 0.6) is 0 Å². The highest BCUT2D eigenvalue weighted by atomic mass is 127. The lowest BCUT2D eigenvalue weighted by molar-refractivity contribution is 0.942. The van der Waals surface area contributed by atoms with Crippen molar-refractivity contribution in [1.29, 1.82) is 0 Å². The van der Waals surface area contributed by atoms with Gasteiger partial charge in [-0.3, -0.25) is 0 Å². The zero-order chi connectivity index (χ0) is 8.55. The second-order valence-electron chi connectivity index (χ2n) is 2.30. The van der Waals surface area contributed by atoms with E-state index in [-0.39, 0.29) is 0 Å². The first-order valence-corrected chi connectivity index (χ1v) is 4.51. The van der Waals surface area contributed by atoms with Crippen LogP contribution in [0, 0.1) is 3.57 Å². The summed E-state index contributed by atoms with van der Waals surface area (Å²) in [5.74, 6) is 0. The Hall–Kier alpha value is -0.910. The standard InChI is InChI=1S/C8H6IN3/c1-2-7-6(9)3-4-8-10-5-11-12(7)8/h2-5H,1H2. The van der Waals surface area contributed by atoms with Crippen LogP contribution < -0.4 is 0 Å². The molecule has 0 fully saturated rings. The van der Waals surface area contributed by atoms with E-state index in [0.29, 0.717) is 0 Å². The van der Waals surface area contributed by atoms with Gasteiger partial charge in [0.1, 0.15) is 6.33 Å². The lowest BCUT2D eigenvalue weighted by Crippen LogP contribution is -1.95. The molecule has 60 valence electrons. The first kappa shape index (κ1) is 7.72.